The van der Waals surface area contributed by atoms with Gasteiger partial charge in [-0.3, -0.25) is 9.59 Å². The lowest BCUT2D eigenvalue weighted by molar-refractivity contribution is -0.118. The Morgan fingerprint density at radius 1 is 1.38 bits per heavy atom. The molecular weight excluding hydrogens is 274 g/mol. The lowest BCUT2D eigenvalue weighted by atomic mass is 10.2. The van der Waals surface area contributed by atoms with Crippen molar-refractivity contribution in [2.75, 3.05) is 23.9 Å². The van der Waals surface area contributed by atoms with Gasteiger partial charge in [-0.05, 0) is 19.1 Å². The summed E-state index contributed by atoms with van der Waals surface area (Å²) in [5, 5.41) is 5.22. The minimum Gasteiger partial charge on any atom is -0.384 e. The Hall–Kier alpha value is -2.41. The molecule has 1 saturated heterocycles. The number of carbonyl (C=O) groups is 3. The zero-order valence-corrected chi connectivity index (χ0v) is 11.9. The second kappa shape index (κ2) is 6.36. The molecule has 0 aromatic heterocycles. The third-order valence-corrected chi connectivity index (χ3v) is 3.09. The molecular formula is C14H17N3O4. The van der Waals surface area contributed by atoms with Gasteiger partial charge in [0.05, 0.1) is 24.4 Å². The van der Waals surface area contributed by atoms with Crippen molar-refractivity contribution in [1.82, 2.24) is 5.32 Å². The zero-order chi connectivity index (χ0) is 15.4. The summed E-state index contributed by atoms with van der Waals surface area (Å²) in [6.07, 6.45) is 0.196. The Bertz CT molecular complexity index is 573. The maximum absolute atomic E-state index is 12.0. The predicted octanol–water partition coefficient (Wildman–Crippen LogP) is 1.11. The van der Waals surface area contributed by atoms with Crippen molar-refractivity contribution in [1.29, 1.82) is 0 Å². The van der Waals surface area contributed by atoms with Crippen LogP contribution in [0.4, 0.5) is 16.2 Å². The molecule has 1 fully saturated rings. The van der Waals surface area contributed by atoms with E-state index in [-0.39, 0.29) is 18.2 Å². The Morgan fingerprint density at radius 3 is 2.71 bits per heavy atom. The fourth-order valence-electron chi connectivity index (χ4n) is 2.02. The number of nitrogens with one attached hydrogen (secondary N) is 2. The topological polar surface area (TPSA) is 87.7 Å². The number of methoxy groups -OCH3 is 1. The van der Waals surface area contributed by atoms with Crippen LogP contribution < -0.4 is 15.5 Å². The van der Waals surface area contributed by atoms with Crippen LogP contribution in [-0.4, -0.2) is 37.6 Å². The average Bonchev–Trinajstić information content (AvgIpc) is 2.71. The molecule has 2 rings (SSSR count). The van der Waals surface area contributed by atoms with Crippen LogP contribution in [0.25, 0.3) is 0 Å². The maximum atomic E-state index is 12.0. The standard InChI is InChI=1S/C14H17N3O4/c1-9-13(19)17(14(20)15-9)11-6-4-3-5-10(11)16-12(18)7-8-21-2/h3-6,9H,7-8H2,1-2H3,(H,15,20)(H,16,18). The summed E-state index contributed by atoms with van der Waals surface area (Å²) in [7, 11) is 1.51. The van der Waals surface area contributed by atoms with Crippen LogP contribution in [0.5, 0.6) is 0 Å². The van der Waals surface area contributed by atoms with E-state index in [0.717, 1.165) is 4.90 Å². The van der Waals surface area contributed by atoms with Crippen LogP contribution in [0.1, 0.15) is 13.3 Å². The molecule has 0 aliphatic carbocycles. The molecule has 1 atom stereocenters. The Balaban J connectivity index is 2.23. The van der Waals surface area contributed by atoms with Crippen molar-refractivity contribution in [3.05, 3.63) is 24.3 Å². The van der Waals surface area contributed by atoms with Gasteiger partial charge in [-0.25, -0.2) is 9.69 Å². The molecule has 112 valence electrons. The van der Waals surface area contributed by atoms with Gasteiger partial charge < -0.3 is 15.4 Å². The van der Waals surface area contributed by atoms with Gasteiger partial charge in [0.15, 0.2) is 0 Å². The van der Waals surface area contributed by atoms with E-state index < -0.39 is 12.1 Å². The highest BCUT2D eigenvalue weighted by molar-refractivity contribution is 6.23. The number of benzene rings is 1. The summed E-state index contributed by atoms with van der Waals surface area (Å²) in [5.74, 6) is -0.594. The molecule has 0 radical (unpaired) electrons. The summed E-state index contributed by atoms with van der Waals surface area (Å²) in [6.45, 7) is 1.91. The molecule has 1 unspecified atom stereocenters. The molecule has 1 aromatic carbocycles. The highest BCUT2D eigenvalue weighted by atomic mass is 16.5. The van der Waals surface area contributed by atoms with Gasteiger partial charge in [0.2, 0.25) is 5.91 Å². The smallest absolute Gasteiger partial charge is 0.329 e. The Labute approximate surface area is 122 Å². The van der Waals surface area contributed by atoms with Gasteiger partial charge in [0.1, 0.15) is 6.04 Å². The van der Waals surface area contributed by atoms with Gasteiger partial charge in [-0.2, -0.15) is 0 Å². The van der Waals surface area contributed by atoms with Crippen molar-refractivity contribution >= 4 is 29.2 Å². The molecule has 0 saturated carbocycles. The average molecular weight is 291 g/mol. The number of para-hydroxylation sites is 2. The fourth-order valence-corrected chi connectivity index (χ4v) is 2.02. The van der Waals surface area contributed by atoms with Crippen molar-refractivity contribution in [2.45, 2.75) is 19.4 Å². The fraction of sp³-hybridized carbons (Fsp3) is 0.357. The van der Waals surface area contributed by atoms with Crippen LogP contribution >= 0.6 is 0 Å². The quantitative estimate of drug-likeness (QED) is 0.795. The van der Waals surface area contributed by atoms with Crippen molar-refractivity contribution in [3.8, 4) is 0 Å². The molecule has 1 heterocycles. The minimum atomic E-state index is -0.574. The molecule has 4 amide bonds. The number of hydrogen-bond donors (Lipinski definition) is 2. The van der Waals surface area contributed by atoms with E-state index in [4.69, 9.17) is 4.74 Å². The number of carbonyl (C=O) groups excluding carboxylic acids is 3. The molecule has 7 heteroatoms. The first-order chi connectivity index (χ1) is 10.0. The van der Waals surface area contributed by atoms with Gasteiger partial charge in [-0.15, -0.1) is 0 Å². The van der Waals surface area contributed by atoms with Gasteiger partial charge in [0.25, 0.3) is 5.91 Å². The zero-order valence-electron chi connectivity index (χ0n) is 11.9. The normalized spacial score (nSPS) is 17.8. The molecule has 1 aromatic rings. The monoisotopic (exact) mass is 291 g/mol. The SMILES string of the molecule is COCCC(=O)Nc1ccccc1N1C(=O)NC(C)C1=O. The van der Waals surface area contributed by atoms with E-state index in [0.29, 0.717) is 18.0 Å². The second-order valence-electron chi connectivity index (χ2n) is 4.65. The van der Waals surface area contributed by atoms with Gasteiger partial charge in [0, 0.05) is 7.11 Å². The number of hydrogen-bond acceptors (Lipinski definition) is 4. The van der Waals surface area contributed by atoms with Crippen LogP contribution in [0.2, 0.25) is 0 Å². The highest BCUT2D eigenvalue weighted by Crippen LogP contribution is 2.28. The summed E-state index contributed by atoms with van der Waals surface area (Å²) in [5.41, 5.74) is 0.770. The van der Waals surface area contributed by atoms with Crippen molar-refractivity contribution < 1.29 is 19.1 Å². The lowest BCUT2D eigenvalue weighted by Crippen LogP contribution is -2.32. The number of urea groups is 1. The number of ether oxygens (including phenoxy) is 1. The molecule has 7 nitrogen and oxygen atoms in total. The first-order valence-electron chi connectivity index (χ1n) is 6.57. The van der Waals surface area contributed by atoms with Crippen LogP contribution in [0.3, 0.4) is 0 Å². The Morgan fingerprint density at radius 2 is 2.10 bits per heavy atom. The predicted molar refractivity (Wildman–Crippen MR) is 77.0 cm³/mol. The van der Waals surface area contributed by atoms with E-state index in [9.17, 15) is 14.4 Å². The number of amides is 4. The van der Waals surface area contributed by atoms with E-state index in [1.54, 1.807) is 31.2 Å². The van der Waals surface area contributed by atoms with Crippen LogP contribution in [0.15, 0.2) is 24.3 Å². The third-order valence-electron chi connectivity index (χ3n) is 3.09. The summed E-state index contributed by atoms with van der Waals surface area (Å²) < 4.78 is 4.84. The van der Waals surface area contributed by atoms with Gasteiger partial charge >= 0.3 is 6.03 Å². The first kappa shape index (κ1) is 15.0. The van der Waals surface area contributed by atoms with Gasteiger partial charge in [-0.1, -0.05) is 12.1 Å². The van der Waals surface area contributed by atoms with Crippen LogP contribution in [-0.2, 0) is 14.3 Å². The highest BCUT2D eigenvalue weighted by Gasteiger charge is 2.37. The summed E-state index contributed by atoms with van der Waals surface area (Å²) >= 11 is 0. The number of imide groups is 1. The van der Waals surface area contributed by atoms with E-state index in [2.05, 4.69) is 10.6 Å². The number of anilines is 2. The number of nitrogens with zero attached hydrogens (tertiary/aromatic N) is 1. The molecule has 21 heavy (non-hydrogen) atoms. The summed E-state index contributed by atoms with van der Waals surface area (Å²) in [6, 6.07) is 5.60. The number of rotatable bonds is 5. The third kappa shape index (κ3) is 3.19. The largest absolute Gasteiger partial charge is 0.384 e. The first-order valence-corrected chi connectivity index (χ1v) is 6.57. The minimum absolute atomic E-state index is 0.196. The lowest BCUT2D eigenvalue weighted by Gasteiger charge is -2.17. The molecule has 0 bridgehead atoms. The molecule has 1 aliphatic rings. The second-order valence-corrected chi connectivity index (χ2v) is 4.65. The van der Waals surface area contributed by atoms with E-state index in [1.807, 2.05) is 0 Å². The van der Waals surface area contributed by atoms with E-state index >= 15 is 0 Å². The van der Waals surface area contributed by atoms with E-state index in [1.165, 1.54) is 7.11 Å². The molecule has 2 N–H and O–H groups in total. The van der Waals surface area contributed by atoms with Crippen molar-refractivity contribution in [3.63, 3.8) is 0 Å². The molecule has 0 spiro atoms. The van der Waals surface area contributed by atoms with Crippen molar-refractivity contribution in [2.24, 2.45) is 0 Å². The maximum Gasteiger partial charge on any atom is 0.329 e. The van der Waals surface area contributed by atoms with Crippen LogP contribution in [0, 0.1) is 0 Å². The Kier molecular flexibility index (Phi) is 4.54. The summed E-state index contributed by atoms with van der Waals surface area (Å²) in [4.78, 5) is 36.7. The molecule has 1 aliphatic heterocycles.